The minimum absolute atomic E-state index is 0.0711. The fourth-order valence-corrected chi connectivity index (χ4v) is 2.22. The molecule has 0 spiro atoms. The zero-order valence-corrected chi connectivity index (χ0v) is 12.1. The maximum atomic E-state index is 11.7. The molecule has 2 amide bonds. The van der Waals surface area contributed by atoms with Gasteiger partial charge in [0.05, 0.1) is 22.0 Å². The predicted molar refractivity (Wildman–Crippen MR) is 81.6 cm³/mol. The minimum Gasteiger partial charge on any atom is -0.478 e. The van der Waals surface area contributed by atoms with Crippen molar-refractivity contribution in [1.29, 1.82) is 0 Å². The zero-order valence-electron chi connectivity index (χ0n) is 10.6. The van der Waals surface area contributed by atoms with Crippen LogP contribution in [-0.4, -0.2) is 17.1 Å². The number of amides is 2. The van der Waals surface area contributed by atoms with Gasteiger partial charge < -0.3 is 10.8 Å². The van der Waals surface area contributed by atoms with E-state index in [0.717, 1.165) is 4.90 Å². The third kappa shape index (κ3) is 3.26. The lowest BCUT2D eigenvalue weighted by molar-refractivity contribution is 0.0697. The largest absolute Gasteiger partial charge is 0.478 e. The van der Waals surface area contributed by atoms with Crippen LogP contribution < -0.4 is 10.6 Å². The molecule has 0 unspecified atom stereocenters. The van der Waals surface area contributed by atoms with Crippen LogP contribution in [0.3, 0.4) is 0 Å². The number of rotatable bonds is 3. The van der Waals surface area contributed by atoms with E-state index in [0.29, 0.717) is 10.7 Å². The third-order valence-corrected chi connectivity index (χ3v) is 3.29. The first-order valence-corrected chi connectivity index (χ1v) is 6.53. The summed E-state index contributed by atoms with van der Waals surface area (Å²) in [4.78, 5) is 24.0. The first-order chi connectivity index (χ1) is 9.90. The molecule has 5 nitrogen and oxygen atoms in total. The van der Waals surface area contributed by atoms with Crippen molar-refractivity contribution in [3.63, 3.8) is 0 Å². The third-order valence-electron chi connectivity index (χ3n) is 2.73. The number of hydrogen-bond acceptors (Lipinski definition) is 2. The summed E-state index contributed by atoms with van der Waals surface area (Å²) in [7, 11) is 0. The van der Waals surface area contributed by atoms with Crippen molar-refractivity contribution in [3.05, 3.63) is 58.1 Å². The van der Waals surface area contributed by atoms with E-state index in [2.05, 4.69) is 0 Å². The number of carboxylic acids is 1. The summed E-state index contributed by atoms with van der Waals surface area (Å²) in [5, 5.41) is 9.58. The number of urea groups is 1. The van der Waals surface area contributed by atoms with Gasteiger partial charge >= 0.3 is 12.0 Å². The van der Waals surface area contributed by atoms with Gasteiger partial charge in [-0.05, 0) is 36.4 Å². The van der Waals surface area contributed by atoms with Crippen LogP contribution in [0.25, 0.3) is 0 Å². The number of primary amides is 1. The first-order valence-electron chi connectivity index (χ1n) is 5.78. The molecule has 2 rings (SSSR count). The van der Waals surface area contributed by atoms with Gasteiger partial charge in [-0.3, -0.25) is 4.90 Å². The summed E-state index contributed by atoms with van der Waals surface area (Å²) in [5.41, 5.74) is 5.96. The second kappa shape index (κ2) is 6.03. The Balaban J connectivity index is 2.56. The molecular weight excluding hydrogens is 315 g/mol. The van der Waals surface area contributed by atoms with E-state index in [-0.39, 0.29) is 16.3 Å². The van der Waals surface area contributed by atoms with Gasteiger partial charge in [0, 0.05) is 5.02 Å². The Morgan fingerprint density at radius 1 is 1.05 bits per heavy atom. The Morgan fingerprint density at radius 2 is 1.71 bits per heavy atom. The van der Waals surface area contributed by atoms with Crippen molar-refractivity contribution in [3.8, 4) is 0 Å². The number of aromatic carboxylic acids is 1. The molecule has 3 N–H and O–H groups in total. The maximum absolute atomic E-state index is 11.7. The van der Waals surface area contributed by atoms with Gasteiger partial charge in [0.25, 0.3) is 0 Å². The van der Waals surface area contributed by atoms with E-state index < -0.39 is 12.0 Å². The molecule has 0 radical (unpaired) electrons. The second-order valence-electron chi connectivity index (χ2n) is 4.12. The number of nitrogens with two attached hydrogens (primary N) is 1. The highest BCUT2D eigenvalue weighted by Crippen LogP contribution is 2.30. The summed E-state index contributed by atoms with van der Waals surface area (Å²) >= 11 is 11.7. The Hall–Kier alpha value is -2.24. The quantitative estimate of drug-likeness (QED) is 0.897. The Kier molecular flexibility index (Phi) is 4.35. The number of carboxylic acid groups (broad SMARTS) is 1. The molecule has 0 aliphatic carbocycles. The van der Waals surface area contributed by atoms with Crippen molar-refractivity contribution in [2.24, 2.45) is 5.73 Å². The van der Waals surface area contributed by atoms with Gasteiger partial charge in [-0.1, -0.05) is 29.3 Å². The average molecular weight is 325 g/mol. The number of anilines is 2. The fraction of sp³-hybridized carbons (Fsp3) is 0. The molecular formula is C14H10Cl2N2O3. The van der Waals surface area contributed by atoms with Gasteiger partial charge in [-0.2, -0.15) is 0 Å². The van der Waals surface area contributed by atoms with Crippen LogP contribution in [0.4, 0.5) is 16.2 Å². The van der Waals surface area contributed by atoms with E-state index in [9.17, 15) is 9.59 Å². The van der Waals surface area contributed by atoms with Crippen LogP contribution in [0.15, 0.2) is 42.5 Å². The minimum atomic E-state index is -1.20. The molecule has 0 saturated carbocycles. The van der Waals surface area contributed by atoms with E-state index >= 15 is 0 Å². The smallest absolute Gasteiger partial charge is 0.337 e. The van der Waals surface area contributed by atoms with Gasteiger partial charge in [0.15, 0.2) is 0 Å². The molecule has 2 aromatic carbocycles. The highest BCUT2D eigenvalue weighted by Gasteiger charge is 2.18. The Bertz CT molecular complexity index is 719. The van der Waals surface area contributed by atoms with Gasteiger partial charge in [-0.15, -0.1) is 0 Å². The summed E-state index contributed by atoms with van der Waals surface area (Å²) in [6.45, 7) is 0. The van der Waals surface area contributed by atoms with Crippen LogP contribution in [-0.2, 0) is 0 Å². The SMILES string of the molecule is NC(=O)N(c1cccc(Cl)c1)c1ccc(Cl)c(C(=O)O)c1. The van der Waals surface area contributed by atoms with Crippen LogP contribution in [0.5, 0.6) is 0 Å². The van der Waals surface area contributed by atoms with E-state index in [1.807, 2.05) is 0 Å². The molecule has 0 fully saturated rings. The molecule has 0 aromatic heterocycles. The lowest BCUT2D eigenvalue weighted by Crippen LogP contribution is -2.31. The molecule has 108 valence electrons. The van der Waals surface area contributed by atoms with Crippen molar-refractivity contribution in [2.45, 2.75) is 0 Å². The predicted octanol–water partition coefficient (Wildman–Crippen LogP) is 3.91. The molecule has 0 heterocycles. The highest BCUT2D eigenvalue weighted by molar-refractivity contribution is 6.33. The molecule has 0 aliphatic heterocycles. The van der Waals surface area contributed by atoms with Gasteiger partial charge in [0.2, 0.25) is 0 Å². The second-order valence-corrected chi connectivity index (χ2v) is 4.97. The molecule has 7 heteroatoms. The summed E-state index contributed by atoms with van der Waals surface area (Å²) in [6, 6.07) is 9.87. The standard InChI is InChI=1S/C14H10Cl2N2O3/c15-8-2-1-3-9(6-8)18(14(17)21)10-4-5-12(16)11(7-10)13(19)20/h1-7H,(H2,17,21)(H,19,20). The number of hydrogen-bond donors (Lipinski definition) is 2. The van der Waals surface area contributed by atoms with E-state index in [1.165, 1.54) is 18.2 Å². The van der Waals surface area contributed by atoms with Crippen LogP contribution in [0.1, 0.15) is 10.4 Å². The highest BCUT2D eigenvalue weighted by atomic mass is 35.5. The average Bonchev–Trinajstić information content (AvgIpc) is 2.40. The number of benzene rings is 2. The topological polar surface area (TPSA) is 83.6 Å². The van der Waals surface area contributed by atoms with Crippen LogP contribution >= 0.6 is 23.2 Å². The van der Waals surface area contributed by atoms with Crippen molar-refractivity contribution in [2.75, 3.05) is 4.90 Å². The number of halogens is 2. The van der Waals surface area contributed by atoms with Crippen LogP contribution in [0.2, 0.25) is 10.0 Å². The van der Waals surface area contributed by atoms with Crippen molar-refractivity contribution in [1.82, 2.24) is 0 Å². The van der Waals surface area contributed by atoms with Crippen LogP contribution in [0, 0.1) is 0 Å². The number of nitrogens with zero attached hydrogens (tertiary/aromatic N) is 1. The lowest BCUT2D eigenvalue weighted by Gasteiger charge is -2.21. The molecule has 0 bridgehead atoms. The normalized spacial score (nSPS) is 10.2. The zero-order chi connectivity index (χ0) is 15.6. The Labute approximate surface area is 130 Å². The molecule has 21 heavy (non-hydrogen) atoms. The summed E-state index contributed by atoms with van der Waals surface area (Å²) < 4.78 is 0. The fourth-order valence-electron chi connectivity index (χ4n) is 1.84. The van der Waals surface area contributed by atoms with E-state index in [1.54, 1.807) is 24.3 Å². The van der Waals surface area contributed by atoms with Gasteiger partial charge in [0.1, 0.15) is 0 Å². The summed E-state index contributed by atoms with van der Waals surface area (Å²) in [6.07, 6.45) is 0. The lowest BCUT2D eigenvalue weighted by atomic mass is 10.1. The monoisotopic (exact) mass is 324 g/mol. The first kappa shape index (κ1) is 15.2. The molecule has 2 aromatic rings. The molecule has 0 aliphatic rings. The summed E-state index contributed by atoms with van der Waals surface area (Å²) in [5.74, 6) is -1.20. The molecule has 0 atom stereocenters. The van der Waals surface area contributed by atoms with Crippen molar-refractivity contribution >= 4 is 46.6 Å². The molecule has 0 saturated heterocycles. The van der Waals surface area contributed by atoms with Gasteiger partial charge in [-0.25, -0.2) is 9.59 Å². The number of carbonyl (C=O) groups excluding carboxylic acids is 1. The Morgan fingerprint density at radius 3 is 2.29 bits per heavy atom. The van der Waals surface area contributed by atoms with E-state index in [4.69, 9.17) is 34.0 Å². The maximum Gasteiger partial charge on any atom is 0.337 e. The number of carbonyl (C=O) groups is 2. The van der Waals surface area contributed by atoms with Crippen molar-refractivity contribution < 1.29 is 14.7 Å².